The summed E-state index contributed by atoms with van der Waals surface area (Å²) in [6.45, 7) is 10.1. The molecule has 2 nitrogen and oxygen atoms in total. The zero-order valence-corrected chi connectivity index (χ0v) is 12.1. The highest BCUT2D eigenvalue weighted by Crippen LogP contribution is 2.31. The van der Waals surface area contributed by atoms with Crippen LogP contribution in [0, 0.1) is 19.3 Å². The Morgan fingerprint density at radius 2 is 1.53 bits per heavy atom. The molecule has 1 aromatic rings. The Morgan fingerprint density at radius 3 is 1.88 bits per heavy atom. The molecule has 0 saturated heterocycles. The summed E-state index contributed by atoms with van der Waals surface area (Å²) in [6.07, 6.45) is -0.535. The predicted molar refractivity (Wildman–Crippen MR) is 75.6 cm³/mol. The Bertz CT molecular complexity index is 351. The fourth-order valence-electron chi connectivity index (χ4n) is 2.05. The second-order valence-electron chi connectivity index (χ2n) is 5.64. The number of benzene rings is 1. The third-order valence-corrected chi connectivity index (χ3v) is 3.10. The van der Waals surface area contributed by atoms with E-state index in [1.54, 1.807) is 0 Å². The fourth-order valence-corrected chi connectivity index (χ4v) is 2.05. The van der Waals surface area contributed by atoms with E-state index >= 15 is 0 Å². The summed E-state index contributed by atoms with van der Waals surface area (Å²) >= 11 is 0. The van der Waals surface area contributed by atoms with Crippen LogP contribution in [0.4, 0.5) is 0 Å². The quantitative estimate of drug-likeness (QED) is 0.855. The topological polar surface area (TPSA) is 46.2 Å². The average molecular weight is 258 g/mol. The van der Waals surface area contributed by atoms with Crippen LogP contribution in [0.15, 0.2) is 18.2 Å². The number of rotatable bonds is 2. The first kappa shape index (κ1) is 16.4. The summed E-state index contributed by atoms with van der Waals surface area (Å²) in [5, 5.41) is 10.2. The molecule has 3 heteroatoms. The van der Waals surface area contributed by atoms with Gasteiger partial charge in [0.25, 0.3) is 0 Å². The van der Waals surface area contributed by atoms with Gasteiger partial charge in [0.15, 0.2) is 0 Å². The molecular weight excluding hydrogens is 234 g/mol. The number of aryl methyl sites for hydroxylation is 2. The molecule has 1 rings (SSSR count). The van der Waals surface area contributed by atoms with E-state index in [2.05, 4.69) is 0 Å². The zero-order chi connectivity index (χ0) is 12.5. The third-order valence-electron chi connectivity index (χ3n) is 3.10. The van der Waals surface area contributed by atoms with E-state index < -0.39 is 6.10 Å². The molecule has 1 aromatic carbocycles. The highest BCUT2D eigenvalue weighted by molar-refractivity contribution is 5.85. The Balaban J connectivity index is 0.00000256. The van der Waals surface area contributed by atoms with Crippen LogP contribution in [-0.2, 0) is 0 Å². The molecule has 0 aliphatic carbocycles. The predicted octanol–water partition coefficient (Wildman–Crippen LogP) is 3.13. The Hall–Kier alpha value is -0.570. The van der Waals surface area contributed by atoms with Crippen LogP contribution < -0.4 is 5.73 Å². The van der Waals surface area contributed by atoms with E-state index in [0.29, 0.717) is 0 Å². The Kier molecular flexibility index (Phi) is 5.66. The van der Waals surface area contributed by atoms with E-state index in [-0.39, 0.29) is 23.9 Å². The van der Waals surface area contributed by atoms with Gasteiger partial charge in [0.2, 0.25) is 0 Å². The SMILES string of the molecule is Cc1cccc(C)c1[C@@H](N)[C@@H](O)C(C)(C)C.Cl. The summed E-state index contributed by atoms with van der Waals surface area (Å²) in [4.78, 5) is 0. The second-order valence-corrected chi connectivity index (χ2v) is 5.64. The number of halogens is 1. The number of aliphatic hydroxyl groups is 1. The van der Waals surface area contributed by atoms with Crippen molar-refractivity contribution in [1.29, 1.82) is 0 Å². The summed E-state index contributed by atoms with van der Waals surface area (Å²) in [5.41, 5.74) is 9.35. The smallest absolute Gasteiger partial charge is 0.0781 e. The highest BCUT2D eigenvalue weighted by Gasteiger charge is 2.30. The standard InChI is InChI=1S/C14H23NO.ClH/c1-9-7-6-8-10(2)11(9)12(15)13(16)14(3,4)5;/h6-8,12-13,16H,15H2,1-5H3;1H/t12-,13-;/m1./s1. The summed E-state index contributed by atoms with van der Waals surface area (Å²) in [5.74, 6) is 0. The molecule has 0 spiro atoms. The van der Waals surface area contributed by atoms with Crippen LogP contribution >= 0.6 is 12.4 Å². The number of nitrogens with two attached hydrogens (primary N) is 1. The van der Waals surface area contributed by atoms with Gasteiger partial charge < -0.3 is 10.8 Å². The minimum Gasteiger partial charge on any atom is -0.391 e. The van der Waals surface area contributed by atoms with Gasteiger partial charge in [-0.05, 0) is 36.0 Å². The molecule has 0 unspecified atom stereocenters. The van der Waals surface area contributed by atoms with Gasteiger partial charge in [-0.1, -0.05) is 39.0 Å². The maximum absolute atomic E-state index is 10.2. The van der Waals surface area contributed by atoms with Gasteiger partial charge >= 0.3 is 0 Å². The van der Waals surface area contributed by atoms with Crippen molar-refractivity contribution >= 4 is 12.4 Å². The molecule has 0 bridgehead atoms. The average Bonchev–Trinajstić information content (AvgIpc) is 2.14. The molecule has 0 saturated carbocycles. The molecule has 98 valence electrons. The molecule has 17 heavy (non-hydrogen) atoms. The lowest BCUT2D eigenvalue weighted by atomic mass is 9.80. The van der Waals surface area contributed by atoms with E-state index in [1.165, 1.54) is 0 Å². The number of hydrogen-bond acceptors (Lipinski definition) is 2. The van der Waals surface area contributed by atoms with Crippen LogP contribution in [0.2, 0.25) is 0 Å². The van der Waals surface area contributed by atoms with E-state index in [4.69, 9.17) is 5.73 Å². The first-order valence-corrected chi connectivity index (χ1v) is 5.75. The van der Waals surface area contributed by atoms with Crippen molar-refractivity contribution in [2.75, 3.05) is 0 Å². The Labute approximate surface area is 111 Å². The second kappa shape index (κ2) is 5.85. The van der Waals surface area contributed by atoms with Crippen molar-refractivity contribution in [3.63, 3.8) is 0 Å². The van der Waals surface area contributed by atoms with E-state index in [0.717, 1.165) is 16.7 Å². The van der Waals surface area contributed by atoms with E-state index in [1.807, 2.05) is 52.8 Å². The van der Waals surface area contributed by atoms with Crippen molar-refractivity contribution in [3.8, 4) is 0 Å². The molecule has 0 aromatic heterocycles. The molecular formula is C14H24ClNO. The van der Waals surface area contributed by atoms with Gasteiger partial charge in [-0.2, -0.15) is 0 Å². The largest absolute Gasteiger partial charge is 0.391 e. The lowest BCUT2D eigenvalue weighted by Crippen LogP contribution is -2.37. The molecule has 0 radical (unpaired) electrons. The van der Waals surface area contributed by atoms with Crippen LogP contribution in [-0.4, -0.2) is 11.2 Å². The molecule has 0 aliphatic rings. The van der Waals surface area contributed by atoms with Crippen LogP contribution in [0.5, 0.6) is 0 Å². The fraction of sp³-hybridized carbons (Fsp3) is 0.571. The maximum atomic E-state index is 10.2. The Morgan fingerprint density at radius 1 is 1.12 bits per heavy atom. The molecule has 0 amide bonds. The van der Waals surface area contributed by atoms with Crippen LogP contribution in [0.1, 0.15) is 43.5 Å². The van der Waals surface area contributed by atoms with Crippen LogP contribution in [0.3, 0.4) is 0 Å². The van der Waals surface area contributed by atoms with Crippen molar-refractivity contribution in [2.45, 2.75) is 46.8 Å². The summed E-state index contributed by atoms with van der Waals surface area (Å²) in [6, 6.07) is 5.78. The third kappa shape index (κ3) is 3.70. The van der Waals surface area contributed by atoms with Crippen molar-refractivity contribution < 1.29 is 5.11 Å². The molecule has 2 atom stereocenters. The first-order chi connectivity index (χ1) is 7.25. The number of hydrogen-bond donors (Lipinski definition) is 2. The monoisotopic (exact) mass is 257 g/mol. The minimum atomic E-state index is -0.535. The molecule has 0 heterocycles. The van der Waals surface area contributed by atoms with Crippen molar-refractivity contribution in [1.82, 2.24) is 0 Å². The van der Waals surface area contributed by atoms with Gasteiger partial charge in [0.1, 0.15) is 0 Å². The summed E-state index contributed by atoms with van der Waals surface area (Å²) < 4.78 is 0. The first-order valence-electron chi connectivity index (χ1n) is 5.75. The van der Waals surface area contributed by atoms with Crippen molar-refractivity contribution in [3.05, 3.63) is 34.9 Å². The van der Waals surface area contributed by atoms with Gasteiger partial charge in [-0.3, -0.25) is 0 Å². The normalized spacial score (nSPS) is 15.0. The van der Waals surface area contributed by atoms with Gasteiger partial charge in [-0.25, -0.2) is 0 Å². The molecule has 0 aliphatic heterocycles. The minimum absolute atomic E-state index is 0. The number of aliphatic hydroxyl groups excluding tert-OH is 1. The van der Waals surface area contributed by atoms with Crippen molar-refractivity contribution in [2.24, 2.45) is 11.1 Å². The lowest BCUT2D eigenvalue weighted by molar-refractivity contribution is 0.0398. The maximum Gasteiger partial charge on any atom is 0.0781 e. The van der Waals surface area contributed by atoms with Gasteiger partial charge in [0.05, 0.1) is 12.1 Å². The summed E-state index contributed by atoms with van der Waals surface area (Å²) in [7, 11) is 0. The van der Waals surface area contributed by atoms with Gasteiger partial charge in [0, 0.05) is 0 Å². The lowest BCUT2D eigenvalue weighted by Gasteiger charge is -2.32. The van der Waals surface area contributed by atoms with Gasteiger partial charge in [-0.15, -0.1) is 12.4 Å². The molecule has 3 N–H and O–H groups in total. The zero-order valence-electron chi connectivity index (χ0n) is 11.3. The van der Waals surface area contributed by atoms with E-state index in [9.17, 15) is 5.11 Å². The molecule has 0 fully saturated rings. The van der Waals surface area contributed by atoms with Crippen LogP contribution in [0.25, 0.3) is 0 Å². The highest BCUT2D eigenvalue weighted by atomic mass is 35.5.